The number of hydrogen-bond donors (Lipinski definition) is 1. The summed E-state index contributed by atoms with van der Waals surface area (Å²) in [6.45, 7) is 3.35. The van der Waals surface area contributed by atoms with Crippen molar-refractivity contribution in [2.24, 2.45) is 0 Å². The lowest BCUT2D eigenvalue weighted by molar-refractivity contribution is -0.119. The summed E-state index contributed by atoms with van der Waals surface area (Å²) in [6, 6.07) is 8.38. The Morgan fingerprint density at radius 3 is 2.66 bits per heavy atom. The van der Waals surface area contributed by atoms with Gasteiger partial charge in [-0.3, -0.25) is 4.79 Å². The number of aromatic nitrogens is 4. The van der Waals surface area contributed by atoms with Crippen LogP contribution in [0.25, 0.3) is 16.6 Å². The molecule has 1 N–H and O–H groups in total. The third-order valence-corrected chi connectivity index (χ3v) is 7.53. The third-order valence-electron chi connectivity index (χ3n) is 6.60. The van der Waals surface area contributed by atoms with Crippen LogP contribution in [0.3, 0.4) is 0 Å². The van der Waals surface area contributed by atoms with Crippen LogP contribution < -0.4 is 5.32 Å². The first-order chi connectivity index (χ1) is 15.8. The fourth-order valence-electron chi connectivity index (χ4n) is 4.86. The predicted molar refractivity (Wildman–Crippen MR) is 128 cm³/mol. The van der Waals surface area contributed by atoms with E-state index in [0.29, 0.717) is 11.8 Å². The third kappa shape index (κ3) is 5.07. The van der Waals surface area contributed by atoms with Gasteiger partial charge < -0.3 is 10.2 Å². The Morgan fingerprint density at radius 1 is 1.03 bits per heavy atom. The van der Waals surface area contributed by atoms with E-state index >= 15 is 0 Å². The summed E-state index contributed by atoms with van der Waals surface area (Å²) >= 11 is 1.45. The Hall–Kier alpha value is -2.19. The summed E-state index contributed by atoms with van der Waals surface area (Å²) in [5, 5.41) is 9.73. The minimum Gasteiger partial charge on any atom is -0.353 e. The van der Waals surface area contributed by atoms with Crippen LogP contribution in [0.4, 0.5) is 0 Å². The van der Waals surface area contributed by atoms with E-state index in [1.54, 1.807) is 0 Å². The van der Waals surface area contributed by atoms with Gasteiger partial charge in [0.1, 0.15) is 0 Å². The molecule has 0 unspecified atom stereocenters. The topological polar surface area (TPSA) is 75.4 Å². The van der Waals surface area contributed by atoms with Gasteiger partial charge in [0.15, 0.2) is 16.6 Å². The van der Waals surface area contributed by atoms with Crippen LogP contribution in [0, 0.1) is 0 Å². The molecule has 5 rings (SSSR count). The number of fused-ring (bicyclic) bond motifs is 3. The van der Waals surface area contributed by atoms with Gasteiger partial charge in [0.25, 0.3) is 0 Å². The second-order valence-electron chi connectivity index (χ2n) is 9.02. The van der Waals surface area contributed by atoms with Crippen LogP contribution in [0.1, 0.15) is 57.2 Å². The maximum absolute atomic E-state index is 12.6. The number of piperidine rings is 1. The monoisotopic (exact) mass is 452 g/mol. The minimum absolute atomic E-state index is 0.0791. The van der Waals surface area contributed by atoms with E-state index < -0.39 is 0 Å². The van der Waals surface area contributed by atoms with Crippen LogP contribution in [0.5, 0.6) is 0 Å². The van der Waals surface area contributed by atoms with Crippen molar-refractivity contribution in [2.75, 3.05) is 25.4 Å². The van der Waals surface area contributed by atoms with Gasteiger partial charge in [-0.2, -0.15) is 4.52 Å². The number of carbonyl (C=O) groups is 1. The lowest BCUT2D eigenvalue weighted by Gasteiger charge is -2.25. The Kier molecular flexibility index (Phi) is 6.88. The first-order valence-corrected chi connectivity index (χ1v) is 13.0. The van der Waals surface area contributed by atoms with Crippen molar-refractivity contribution < 1.29 is 4.79 Å². The number of nitrogens with one attached hydrogen (secondary N) is 1. The van der Waals surface area contributed by atoms with Crippen LogP contribution in [0.2, 0.25) is 0 Å². The Labute approximate surface area is 193 Å². The Balaban J connectivity index is 1.33. The second kappa shape index (κ2) is 10.2. The van der Waals surface area contributed by atoms with Crippen LogP contribution in [-0.4, -0.2) is 61.8 Å². The highest BCUT2D eigenvalue weighted by molar-refractivity contribution is 7.99. The molecule has 1 aromatic carbocycles. The van der Waals surface area contributed by atoms with Crippen LogP contribution in [0.15, 0.2) is 29.4 Å². The van der Waals surface area contributed by atoms with Crippen molar-refractivity contribution in [1.29, 1.82) is 0 Å². The number of hydrogen-bond acceptors (Lipinski definition) is 6. The maximum Gasteiger partial charge on any atom is 0.230 e. The van der Waals surface area contributed by atoms with E-state index in [0.717, 1.165) is 53.3 Å². The molecule has 2 fully saturated rings. The zero-order valence-electron chi connectivity index (χ0n) is 18.6. The van der Waals surface area contributed by atoms with Gasteiger partial charge in [0.05, 0.1) is 11.3 Å². The molecule has 170 valence electrons. The molecule has 1 aliphatic heterocycles. The van der Waals surface area contributed by atoms with Gasteiger partial charge in [-0.15, -0.1) is 5.10 Å². The fraction of sp³-hybridized carbons (Fsp3) is 0.583. The first kappa shape index (κ1) is 21.6. The van der Waals surface area contributed by atoms with E-state index in [9.17, 15) is 4.79 Å². The van der Waals surface area contributed by atoms with Gasteiger partial charge in [0.2, 0.25) is 5.91 Å². The zero-order valence-corrected chi connectivity index (χ0v) is 19.4. The summed E-state index contributed by atoms with van der Waals surface area (Å²) in [7, 11) is 0. The fourth-order valence-corrected chi connectivity index (χ4v) is 5.62. The number of rotatable bonds is 7. The average molecular weight is 453 g/mol. The van der Waals surface area contributed by atoms with Crippen molar-refractivity contribution in [3.05, 3.63) is 30.1 Å². The van der Waals surface area contributed by atoms with Gasteiger partial charge in [-0.05, 0) is 50.9 Å². The number of benzene rings is 1. The number of thioether (sulfide) groups is 1. The lowest BCUT2D eigenvalue weighted by Crippen LogP contribution is -2.37. The van der Waals surface area contributed by atoms with Crippen molar-refractivity contribution >= 4 is 34.2 Å². The van der Waals surface area contributed by atoms with Crippen molar-refractivity contribution in [1.82, 2.24) is 29.8 Å². The number of nitrogens with zero attached hydrogens (tertiary/aromatic N) is 5. The van der Waals surface area contributed by atoms with Gasteiger partial charge in [-0.25, -0.2) is 9.97 Å². The van der Waals surface area contributed by atoms with Crippen molar-refractivity contribution in [3.8, 4) is 0 Å². The molecule has 3 heterocycles. The molecule has 8 heteroatoms. The van der Waals surface area contributed by atoms with Gasteiger partial charge in [0, 0.05) is 24.4 Å². The number of carbonyl (C=O) groups excluding carboxylic acids is 1. The normalized spacial score (nSPS) is 18.4. The second-order valence-corrected chi connectivity index (χ2v) is 9.96. The molecule has 2 aromatic heterocycles. The van der Waals surface area contributed by atoms with Crippen molar-refractivity contribution in [3.63, 3.8) is 0 Å². The standard InChI is InChI=1S/C24H32N6OS/c31-22(25-18-9-3-1-4-10-18)17-32-24-26-20-12-6-5-11-19(20)23-27-21(28-30(23)24)13-16-29-14-7-2-8-15-29/h5-6,11-12,18H,1-4,7-10,13-17H2,(H,25,31). The lowest BCUT2D eigenvalue weighted by atomic mass is 9.95. The van der Waals surface area contributed by atoms with Crippen molar-refractivity contribution in [2.45, 2.75) is 69.0 Å². The van der Waals surface area contributed by atoms with E-state index in [2.05, 4.69) is 10.2 Å². The summed E-state index contributed by atoms with van der Waals surface area (Å²) in [6.07, 6.45) is 10.7. The van der Waals surface area contributed by atoms with Crippen LogP contribution in [-0.2, 0) is 11.2 Å². The number of likely N-dealkylation sites (tertiary alicyclic amines) is 1. The molecule has 1 saturated heterocycles. The molecule has 32 heavy (non-hydrogen) atoms. The van der Waals surface area contributed by atoms with E-state index in [1.165, 1.54) is 63.4 Å². The highest BCUT2D eigenvalue weighted by Gasteiger charge is 2.19. The van der Waals surface area contributed by atoms with Crippen LogP contribution >= 0.6 is 11.8 Å². The maximum atomic E-state index is 12.6. The highest BCUT2D eigenvalue weighted by Crippen LogP contribution is 2.24. The number of para-hydroxylation sites is 1. The first-order valence-electron chi connectivity index (χ1n) is 12.1. The molecule has 1 aliphatic carbocycles. The molecule has 0 spiro atoms. The zero-order chi connectivity index (χ0) is 21.8. The smallest absolute Gasteiger partial charge is 0.230 e. The number of amides is 1. The van der Waals surface area contributed by atoms with E-state index in [1.807, 2.05) is 28.8 Å². The molecule has 7 nitrogen and oxygen atoms in total. The SMILES string of the molecule is O=C(CSc1nc2ccccc2c2nc(CCN3CCCCC3)nn12)NC1CCCCC1. The summed E-state index contributed by atoms with van der Waals surface area (Å²) in [5.74, 6) is 1.28. The average Bonchev–Trinajstić information content (AvgIpc) is 3.27. The molecule has 0 bridgehead atoms. The summed E-state index contributed by atoms with van der Waals surface area (Å²) in [4.78, 5) is 24.8. The quantitative estimate of drug-likeness (QED) is 0.434. The predicted octanol–water partition coefficient (Wildman–Crippen LogP) is 3.85. The van der Waals surface area contributed by atoms with Gasteiger partial charge >= 0.3 is 0 Å². The highest BCUT2D eigenvalue weighted by atomic mass is 32.2. The molecule has 0 atom stereocenters. The van der Waals surface area contributed by atoms with E-state index in [-0.39, 0.29) is 5.91 Å². The molecule has 3 aromatic rings. The Morgan fingerprint density at radius 2 is 1.81 bits per heavy atom. The molecular formula is C24H32N6OS. The molecule has 1 amide bonds. The molecule has 1 saturated carbocycles. The van der Waals surface area contributed by atoms with Gasteiger partial charge in [-0.1, -0.05) is 49.6 Å². The molecule has 2 aliphatic rings. The molecular weight excluding hydrogens is 420 g/mol. The Bertz CT molecular complexity index is 1070. The largest absolute Gasteiger partial charge is 0.353 e. The summed E-state index contributed by atoms with van der Waals surface area (Å²) < 4.78 is 1.84. The van der Waals surface area contributed by atoms with E-state index in [4.69, 9.17) is 15.1 Å². The summed E-state index contributed by atoms with van der Waals surface area (Å²) in [5.41, 5.74) is 1.73. The molecule has 0 radical (unpaired) electrons. The minimum atomic E-state index is 0.0791.